The SMILES string of the molecule is Cc1ccc(-c2nc(-c3ccc4ncccc4c3)[nH]c2-c2ccc(C)cc2)cc1. The fraction of sp³-hybridized carbons (Fsp3) is 0.0769. The molecule has 0 radical (unpaired) electrons. The lowest BCUT2D eigenvalue weighted by Crippen LogP contribution is -1.84. The van der Waals surface area contributed by atoms with Crippen molar-refractivity contribution in [3.05, 3.63) is 96.2 Å². The predicted molar refractivity (Wildman–Crippen MR) is 120 cm³/mol. The van der Waals surface area contributed by atoms with Crippen LogP contribution in [0.2, 0.25) is 0 Å². The molecule has 0 aliphatic carbocycles. The average molecular weight is 375 g/mol. The minimum atomic E-state index is 0.863. The van der Waals surface area contributed by atoms with Gasteiger partial charge in [0.2, 0.25) is 0 Å². The number of nitrogens with zero attached hydrogens (tertiary/aromatic N) is 2. The minimum absolute atomic E-state index is 0.863. The molecule has 0 fully saturated rings. The molecule has 3 nitrogen and oxygen atoms in total. The zero-order valence-corrected chi connectivity index (χ0v) is 16.5. The van der Waals surface area contributed by atoms with Crippen LogP contribution in [0.1, 0.15) is 11.1 Å². The molecular formula is C26H21N3. The van der Waals surface area contributed by atoms with Crippen molar-refractivity contribution in [3.8, 4) is 33.9 Å². The summed E-state index contributed by atoms with van der Waals surface area (Å²) in [5, 5.41) is 1.11. The van der Waals surface area contributed by atoms with E-state index in [9.17, 15) is 0 Å². The molecule has 0 saturated carbocycles. The van der Waals surface area contributed by atoms with Crippen molar-refractivity contribution >= 4 is 10.9 Å². The van der Waals surface area contributed by atoms with Crippen LogP contribution in [-0.2, 0) is 0 Å². The average Bonchev–Trinajstić information content (AvgIpc) is 3.20. The summed E-state index contributed by atoms with van der Waals surface area (Å²) in [6.07, 6.45) is 1.82. The van der Waals surface area contributed by atoms with Crippen molar-refractivity contribution in [2.24, 2.45) is 0 Å². The van der Waals surface area contributed by atoms with E-state index in [2.05, 4.69) is 90.5 Å². The van der Waals surface area contributed by atoms with Gasteiger partial charge >= 0.3 is 0 Å². The number of aromatic amines is 1. The maximum Gasteiger partial charge on any atom is 0.138 e. The molecule has 3 aromatic carbocycles. The van der Waals surface area contributed by atoms with Crippen molar-refractivity contribution in [1.29, 1.82) is 0 Å². The third-order valence-corrected chi connectivity index (χ3v) is 5.25. The van der Waals surface area contributed by atoms with E-state index in [1.807, 2.05) is 18.3 Å². The standard InChI is InChI=1S/C26H21N3/c1-17-5-9-19(10-6-17)24-25(20-11-7-18(2)8-12-20)29-26(28-24)22-13-14-23-21(16-22)4-3-15-27-23/h3-16H,1-2H3,(H,28,29). The highest BCUT2D eigenvalue weighted by molar-refractivity contribution is 5.86. The first-order valence-corrected chi connectivity index (χ1v) is 9.77. The van der Waals surface area contributed by atoms with Crippen LogP contribution < -0.4 is 0 Å². The summed E-state index contributed by atoms with van der Waals surface area (Å²) >= 11 is 0. The fourth-order valence-corrected chi connectivity index (χ4v) is 3.58. The number of aromatic nitrogens is 3. The predicted octanol–water partition coefficient (Wildman–Crippen LogP) is 6.58. The molecule has 2 heterocycles. The van der Waals surface area contributed by atoms with Crippen LogP contribution in [-0.4, -0.2) is 15.0 Å². The Morgan fingerprint density at radius 2 is 1.34 bits per heavy atom. The second kappa shape index (κ2) is 7.02. The summed E-state index contributed by atoms with van der Waals surface area (Å²) < 4.78 is 0. The van der Waals surface area contributed by atoms with Gasteiger partial charge in [-0.2, -0.15) is 0 Å². The summed E-state index contributed by atoms with van der Waals surface area (Å²) in [4.78, 5) is 13.0. The molecule has 0 atom stereocenters. The van der Waals surface area contributed by atoms with Gasteiger partial charge in [-0.05, 0) is 38.1 Å². The molecular weight excluding hydrogens is 354 g/mol. The first-order valence-electron chi connectivity index (χ1n) is 9.77. The number of aryl methyl sites for hydroxylation is 2. The van der Waals surface area contributed by atoms with Crippen LogP contribution in [0, 0.1) is 13.8 Å². The zero-order chi connectivity index (χ0) is 19.8. The number of hydrogen-bond donors (Lipinski definition) is 1. The quantitative estimate of drug-likeness (QED) is 0.387. The van der Waals surface area contributed by atoms with Gasteiger partial charge in [0, 0.05) is 28.3 Å². The first kappa shape index (κ1) is 17.4. The van der Waals surface area contributed by atoms with Gasteiger partial charge in [0.25, 0.3) is 0 Å². The van der Waals surface area contributed by atoms with Crippen molar-refractivity contribution < 1.29 is 0 Å². The second-order valence-electron chi connectivity index (χ2n) is 7.45. The molecule has 0 aliphatic rings. The number of hydrogen-bond acceptors (Lipinski definition) is 2. The molecule has 1 N–H and O–H groups in total. The number of benzene rings is 3. The Morgan fingerprint density at radius 1 is 0.690 bits per heavy atom. The zero-order valence-electron chi connectivity index (χ0n) is 16.5. The largest absolute Gasteiger partial charge is 0.337 e. The number of nitrogens with one attached hydrogen (secondary N) is 1. The molecule has 0 aliphatic heterocycles. The van der Waals surface area contributed by atoms with E-state index < -0.39 is 0 Å². The fourth-order valence-electron chi connectivity index (χ4n) is 3.58. The van der Waals surface area contributed by atoms with Crippen molar-refractivity contribution in [1.82, 2.24) is 15.0 Å². The first-order chi connectivity index (χ1) is 14.2. The monoisotopic (exact) mass is 375 g/mol. The molecule has 2 aromatic heterocycles. The van der Waals surface area contributed by atoms with Gasteiger partial charge in [-0.25, -0.2) is 4.98 Å². The van der Waals surface area contributed by atoms with E-state index in [1.165, 1.54) is 11.1 Å². The molecule has 140 valence electrons. The van der Waals surface area contributed by atoms with E-state index in [4.69, 9.17) is 4.98 Å². The number of rotatable bonds is 3. The number of fused-ring (bicyclic) bond motifs is 1. The van der Waals surface area contributed by atoms with Crippen molar-refractivity contribution in [2.75, 3.05) is 0 Å². The maximum atomic E-state index is 5.01. The Labute approximate surface area is 170 Å². The van der Waals surface area contributed by atoms with E-state index in [0.29, 0.717) is 0 Å². The highest BCUT2D eigenvalue weighted by atomic mass is 14.9. The lowest BCUT2D eigenvalue weighted by atomic mass is 10.0. The highest BCUT2D eigenvalue weighted by Crippen LogP contribution is 2.34. The van der Waals surface area contributed by atoms with Crippen LogP contribution in [0.4, 0.5) is 0 Å². The van der Waals surface area contributed by atoms with Crippen molar-refractivity contribution in [2.45, 2.75) is 13.8 Å². The summed E-state index contributed by atoms with van der Waals surface area (Å²) in [6, 6.07) is 27.4. The summed E-state index contributed by atoms with van der Waals surface area (Å²) in [5.41, 5.74) is 8.77. The Morgan fingerprint density at radius 3 is 2.07 bits per heavy atom. The van der Waals surface area contributed by atoms with Gasteiger partial charge in [0.1, 0.15) is 5.82 Å². The van der Waals surface area contributed by atoms with Gasteiger partial charge in [-0.1, -0.05) is 65.7 Å². The van der Waals surface area contributed by atoms with Crippen molar-refractivity contribution in [3.63, 3.8) is 0 Å². The van der Waals surface area contributed by atoms with Gasteiger partial charge in [0.05, 0.1) is 16.9 Å². The van der Waals surface area contributed by atoms with Crippen LogP contribution in [0.5, 0.6) is 0 Å². The number of H-pyrrole nitrogens is 1. The molecule has 5 aromatic rings. The lowest BCUT2D eigenvalue weighted by molar-refractivity contribution is 1.31. The van der Waals surface area contributed by atoms with E-state index >= 15 is 0 Å². The normalized spacial score (nSPS) is 11.1. The third kappa shape index (κ3) is 3.32. The maximum absolute atomic E-state index is 5.01. The van der Waals surface area contributed by atoms with Gasteiger partial charge in [-0.3, -0.25) is 4.98 Å². The summed E-state index contributed by atoms with van der Waals surface area (Å²) in [5.74, 6) is 0.863. The Bertz CT molecular complexity index is 1230. The van der Waals surface area contributed by atoms with Crippen LogP contribution in [0.25, 0.3) is 44.8 Å². The molecule has 0 saturated heterocycles. The second-order valence-corrected chi connectivity index (χ2v) is 7.45. The highest BCUT2D eigenvalue weighted by Gasteiger charge is 2.15. The molecule has 5 rings (SSSR count). The van der Waals surface area contributed by atoms with Gasteiger partial charge < -0.3 is 4.98 Å². The topological polar surface area (TPSA) is 41.6 Å². The summed E-state index contributed by atoms with van der Waals surface area (Å²) in [7, 11) is 0. The smallest absolute Gasteiger partial charge is 0.138 e. The van der Waals surface area contributed by atoms with E-state index in [-0.39, 0.29) is 0 Å². The summed E-state index contributed by atoms with van der Waals surface area (Å²) in [6.45, 7) is 4.20. The van der Waals surface area contributed by atoms with Crippen LogP contribution in [0.3, 0.4) is 0 Å². The van der Waals surface area contributed by atoms with E-state index in [0.717, 1.165) is 44.8 Å². The molecule has 0 bridgehead atoms. The lowest BCUT2D eigenvalue weighted by Gasteiger charge is -2.04. The number of imidazole rings is 1. The van der Waals surface area contributed by atoms with Gasteiger partial charge in [0.15, 0.2) is 0 Å². The Balaban J connectivity index is 1.69. The van der Waals surface area contributed by atoms with Crippen LogP contribution in [0.15, 0.2) is 85.1 Å². The van der Waals surface area contributed by atoms with E-state index in [1.54, 1.807) is 0 Å². The molecule has 29 heavy (non-hydrogen) atoms. The Kier molecular flexibility index (Phi) is 4.21. The molecule has 0 spiro atoms. The van der Waals surface area contributed by atoms with Gasteiger partial charge in [-0.15, -0.1) is 0 Å². The minimum Gasteiger partial charge on any atom is -0.337 e. The Hall–Kier alpha value is -3.72. The third-order valence-electron chi connectivity index (χ3n) is 5.25. The number of pyridine rings is 1. The van der Waals surface area contributed by atoms with Crippen LogP contribution >= 0.6 is 0 Å². The molecule has 0 unspecified atom stereocenters. The molecule has 3 heteroatoms. The molecule has 0 amide bonds.